The third-order valence-corrected chi connectivity index (χ3v) is 9.47. The van der Waals surface area contributed by atoms with Crippen molar-refractivity contribution in [3.05, 3.63) is 119 Å². The quantitative estimate of drug-likeness (QED) is 0.226. The van der Waals surface area contributed by atoms with E-state index in [0.29, 0.717) is 0 Å². The lowest BCUT2D eigenvalue weighted by molar-refractivity contribution is 1.47. The van der Waals surface area contributed by atoms with E-state index < -0.39 is 0 Å². The molecule has 2 heterocycles. The Labute approximate surface area is 221 Å². The summed E-state index contributed by atoms with van der Waals surface area (Å²) < 4.78 is 2.76. The molecule has 0 radical (unpaired) electrons. The van der Waals surface area contributed by atoms with E-state index in [4.69, 9.17) is 0 Å². The smallest absolute Gasteiger partial charge is 0.0548 e. The van der Waals surface area contributed by atoms with Crippen molar-refractivity contribution in [3.8, 4) is 43.1 Å². The SMILES string of the molecule is Cc1ccc(-c2sc3c(-c4ccc(C)cc4)c(-c4ccc(C)cc4)sc3c2-c2ccc(C)cc2)cc1. The van der Waals surface area contributed by atoms with Gasteiger partial charge in [-0.2, -0.15) is 0 Å². The highest BCUT2D eigenvalue weighted by atomic mass is 32.1. The number of hydrogen-bond donors (Lipinski definition) is 0. The molecule has 0 aliphatic heterocycles. The molecule has 0 amide bonds. The molecule has 0 bridgehead atoms. The lowest BCUT2D eigenvalue weighted by Gasteiger charge is -2.08. The van der Waals surface area contributed by atoms with Gasteiger partial charge in [0.05, 0.1) is 9.40 Å². The van der Waals surface area contributed by atoms with E-state index in [2.05, 4.69) is 125 Å². The fourth-order valence-corrected chi connectivity index (χ4v) is 7.69. The van der Waals surface area contributed by atoms with Crippen LogP contribution in [0.25, 0.3) is 52.5 Å². The first kappa shape index (κ1) is 23.0. The molecular formula is C34H28S2. The monoisotopic (exact) mass is 500 g/mol. The van der Waals surface area contributed by atoms with Crippen LogP contribution in [0.3, 0.4) is 0 Å². The van der Waals surface area contributed by atoms with Crippen LogP contribution in [0.4, 0.5) is 0 Å². The summed E-state index contributed by atoms with van der Waals surface area (Å²) in [6.45, 7) is 8.62. The molecule has 0 fully saturated rings. The molecule has 0 aliphatic rings. The van der Waals surface area contributed by atoms with Crippen LogP contribution in [-0.2, 0) is 0 Å². The third kappa shape index (κ3) is 4.11. The van der Waals surface area contributed by atoms with Gasteiger partial charge in [0.25, 0.3) is 0 Å². The molecule has 2 aromatic heterocycles. The first-order valence-electron chi connectivity index (χ1n) is 12.4. The molecule has 0 saturated heterocycles. The summed E-state index contributed by atoms with van der Waals surface area (Å²) in [5, 5.41) is 0. The molecule has 176 valence electrons. The Morgan fingerprint density at radius 2 is 0.583 bits per heavy atom. The van der Waals surface area contributed by atoms with Crippen LogP contribution in [0, 0.1) is 27.7 Å². The second kappa shape index (κ2) is 9.20. The fraction of sp³-hybridized carbons (Fsp3) is 0.118. The largest absolute Gasteiger partial charge is 0.133 e. The van der Waals surface area contributed by atoms with Crippen LogP contribution in [0.15, 0.2) is 97.1 Å². The maximum atomic E-state index is 2.28. The maximum Gasteiger partial charge on any atom is 0.0548 e. The Morgan fingerprint density at radius 1 is 0.333 bits per heavy atom. The van der Waals surface area contributed by atoms with E-state index in [9.17, 15) is 0 Å². The normalized spacial score (nSPS) is 11.3. The van der Waals surface area contributed by atoms with E-state index in [1.807, 2.05) is 22.7 Å². The predicted octanol–water partition coefficient (Wildman–Crippen LogP) is 10.9. The Bertz CT molecular complexity index is 1530. The van der Waals surface area contributed by atoms with Gasteiger partial charge < -0.3 is 0 Å². The highest BCUT2D eigenvalue weighted by molar-refractivity contribution is 7.33. The van der Waals surface area contributed by atoms with E-state index in [1.54, 1.807) is 0 Å². The van der Waals surface area contributed by atoms with Crippen LogP contribution >= 0.6 is 22.7 Å². The van der Waals surface area contributed by atoms with Crippen molar-refractivity contribution in [2.24, 2.45) is 0 Å². The molecule has 0 aliphatic carbocycles. The minimum atomic E-state index is 1.29. The molecule has 36 heavy (non-hydrogen) atoms. The third-order valence-electron chi connectivity index (χ3n) is 6.83. The van der Waals surface area contributed by atoms with Gasteiger partial charge in [-0.3, -0.25) is 0 Å². The van der Waals surface area contributed by atoms with Crippen LogP contribution in [0.1, 0.15) is 22.3 Å². The van der Waals surface area contributed by atoms with Gasteiger partial charge in [0, 0.05) is 20.9 Å². The highest BCUT2D eigenvalue weighted by Gasteiger charge is 2.24. The minimum absolute atomic E-state index is 1.29. The zero-order valence-corrected chi connectivity index (χ0v) is 22.7. The van der Waals surface area contributed by atoms with Gasteiger partial charge in [-0.25, -0.2) is 0 Å². The van der Waals surface area contributed by atoms with Crippen molar-refractivity contribution in [2.75, 3.05) is 0 Å². The fourth-order valence-electron chi connectivity index (χ4n) is 4.72. The summed E-state index contributed by atoms with van der Waals surface area (Å²) in [6, 6.07) is 36.0. The summed E-state index contributed by atoms with van der Waals surface area (Å²) in [5.74, 6) is 0. The lowest BCUT2D eigenvalue weighted by Crippen LogP contribution is -1.82. The van der Waals surface area contributed by atoms with Crippen molar-refractivity contribution >= 4 is 32.1 Å². The minimum Gasteiger partial charge on any atom is -0.133 e. The van der Waals surface area contributed by atoms with Gasteiger partial charge in [-0.15, -0.1) is 22.7 Å². The van der Waals surface area contributed by atoms with Gasteiger partial charge >= 0.3 is 0 Å². The lowest BCUT2D eigenvalue weighted by atomic mass is 9.98. The Balaban J connectivity index is 1.70. The number of aryl methyl sites for hydroxylation is 4. The molecule has 0 spiro atoms. The van der Waals surface area contributed by atoms with E-state index in [1.165, 1.54) is 74.8 Å². The predicted molar refractivity (Wildman–Crippen MR) is 160 cm³/mol. The number of rotatable bonds is 4. The van der Waals surface area contributed by atoms with Gasteiger partial charge in [-0.05, 0) is 49.9 Å². The molecule has 6 rings (SSSR count). The summed E-state index contributed by atoms with van der Waals surface area (Å²) in [7, 11) is 0. The highest BCUT2D eigenvalue weighted by Crippen LogP contribution is 2.55. The number of fused-ring (bicyclic) bond motifs is 1. The maximum absolute atomic E-state index is 2.28. The first-order chi connectivity index (χ1) is 17.5. The van der Waals surface area contributed by atoms with Crippen LogP contribution in [-0.4, -0.2) is 0 Å². The Hall–Kier alpha value is -3.46. The molecule has 0 unspecified atom stereocenters. The molecule has 4 aromatic carbocycles. The zero-order chi connectivity index (χ0) is 24.8. The van der Waals surface area contributed by atoms with E-state index in [0.717, 1.165) is 0 Å². The summed E-state index contributed by atoms with van der Waals surface area (Å²) in [6.07, 6.45) is 0. The van der Waals surface area contributed by atoms with E-state index >= 15 is 0 Å². The number of benzene rings is 4. The average molecular weight is 501 g/mol. The first-order valence-corrected chi connectivity index (χ1v) is 14.0. The number of thiophene rings is 2. The molecular weight excluding hydrogens is 473 g/mol. The van der Waals surface area contributed by atoms with Crippen molar-refractivity contribution < 1.29 is 0 Å². The van der Waals surface area contributed by atoms with Crippen molar-refractivity contribution in [1.82, 2.24) is 0 Å². The average Bonchev–Trinajstić information content (AvgIpc) is 3.43. The van der Waals surface area contributed by atoms with E-state index in [-0.39, 0.29) is 0 Å². The van der Waals surface area contributed by atoms with Gasteiger partial charge in [0.1, 0.15) is 0 Å². The standard InChI is InChI=1S/C34H28S2/c1-21-5-13-25(14-6-21)29-31(27-17-9-23(3)10-18-27)35-34-30(26-15-7-22(2)8-16-26)32(36-33(29)34)28-19-11-24(4)12-20-28/h5-20H,1-4H3. The van der Waals surface area contributed by atoms with Gasteiger partial charge in [0.2, 0.25) is 0 Å². The Kier molecular flexibility index (Phi) is 5.87. The van der Waals surface area contributed by atoms with Crippen LogP contribution < -0.4 is 0 Å². The molecule has 0 atom stereocenters. The molecule has 0 nitrogen and oxygen atoms in total. The number of hydrogen-bond acceptors (Lipinski definition) is 2. The summed E-state index contributed by atoms with van der Waals surface area (Å²) in [5.41, 5.74) is 13.0. The van der Waals surface area contributed by atoms with Crippen LogP contribution in [0.2, 0.25) is 0 Å². The van der Waals surface area contributed by atoms with Crippen molar-refractivity contribution in [2.45, 2.75) is 27.7 Å². The second-order valence-electron chi connectivity index (χ2n) is 9.73. The molecule has 2 heteroatoms. The van der Waals surface area contributed by atoms with Crippen molar-refractivity contribution in [1.29, 1.82) is 0 Å². The molecule has 0 N–H and O–H groups in total. The van der Waals surface area contributed by atoms with Gasteiger partial charge in [0.15, 0.2) is 0 Å². The zero-order valence-electron chi connectivity index (χ0n) is 21.1. The Morgan fingerprint density at radius 3 is 0.861 bits per heavy atom. The topological polar surface area (TPSA) is 0 Å². The molecule has 0 saturated carbocycles. The summed E-state index contributed by atoms with van der Waals surface area (Å²) >= 11 is 3.87. The van der Waals surface area contributed by atoms with Crippen LogP contribution in [0.5, 0.6) is 0 Å². The molecule has 6 aromatic rings. The summed E-state index contributed by atoms with van der Waals surface area (Å²) in [4.78, 5) is 2.70. The van der Waals surface area contributed by atoms with Gasteiger partial charge in [-0.1, -0.05) is 119 Å². The van der Waals surface area contributed by atoms with Crippen molar-refractivity contribution in [3.63, 3.8) is 0 Å². The second-order valence-corrected chi connectivity index (χ2v) is 11.8.